The number of H-pyrrole nitrogens is 1. The van der Waals surface area contributed by atoms with Gasteiger partial charge in [-0.05, 0) is 45.4 Å². The Labute approximate surface area is 196 Å². The summed E-state index contributed by atoms with van der Waals surface area (Å²) in [6.45, 7) is 1.80. The van der Waals surface area contributed by atoms with Crippen LogP contribution in [0.3, 0.4) is 0 Å². The molecule has 3 heterocycles. The van der Waals surface area contributed by atoms with Gasteiger partial charge in [0.2, 0.25) is 0 Å². The quantitative estimate of drug-likeness (QED) is 0.319. The number of imide groups is 1. The number of benzene rings is 2. The van der Waals surface area contributed by atoms with Gasteiger partial charge in [-0.15, -0.1) is 11.8 Å². The third-order valence-corrected chi connectivity index (χ3v) is 6.91. The minimum Gasteiger partial charge on any atom is -0.361 e. The zero-order chi connectivity index (χ0) is 23.1. The van der Waals surface area contributed by atoms with E-state index in [-0.39, 0.29) is 11.8 Å². The van der Waals surface area contributed by atoms with Crippen molar-refractivity contribution in [2.75, 3.05) is 26.9 Å². The van der Waals surface area contributed by atoms with Crippen LogP contribution in [0.1, 0.15) is 17.5 Å². The second-order valence-electron chi connectivity index (χ2n) is 8.53. The number of thioether (sulfide) groups is 1. The summed E-state index contributed by atoms with van der Waals surface area (Å²) >= 11 is 1.69. The van der Waals surface area contributed by atoms with Gasteiger partial charge in [-0.25, -0.2) is 0 Å². The lowest BCUT2D eigenvalue weighted by Crippen LogP contribution is -2.22. The molecule has 2 amide bonds. The van der Waals surface area contributed by atoms with Crippen molar-refractivity contribution in [1.82, 2.24) is 19.8 Å². The van der Waals surface area contributed by atoms with Crippen molar-refractivity contribution in [3.63, 3.8) is 0 Å². The summed E-state index contributed by atoms with van der Waals surface area (Å²) in [5, 5.41) is 4.46. The van der Waals surface area contributed by atoms with Gasteiger partial charge in [-0.3, -0.25) is 14.9 Å². The van der Waals surface area contributed by atoms with Crippen LogP contribution in [0.4, 0.5) is 0 Å². The lowest BCUT2D eigenvalue weighted by molar-refractivity contribution is -0.122. The molecule has 2 N–H and O–H groups in total. The van der Waals surface area contributed by atoms with E-state index < -0.39 is 0 Å². The van der Waals surface area contributed by atoms with Gasteiger partial charge < -0.3 is 14.5 Å². The van der Waals surface area contributed by atoms with Crippen molar-refractivity contribution < 1.29 is 9.59 Å². The number of para-hydroxylation sites is 2. The lowest BCUT2D eigenvalue weighted by Gasteiger charge is -2.11. The molecule has 7 heteroatoms. The molecule has 4 aromatic rings. The maximum absolute atomic E-state index is 13.1. The van der Waals surface area contributed by atoms with Crippen LogP contribution >= 0.6 is 11.8 Å². The van der Waals surface area contributed by atoms with Crippen LogP contribution in [0.25, 0.3) is 33.0 Å². The number of aromatic nitrogens is 2. The molecule has 1 aliphatic rings. The average Bonchev–Trinajstić information content (AvgIpc) is 3.46. The predicted octanol–water partition coefficient (Wildman–Crippen LogP) is 4.36. The molecule has 0 unspecified atom stereocenters. The number of nitrogens with zero attached hydrogens (tertiary/aromatic N) is 2. The molecule has 0 fully saturated rings. The van der Waals surface area contributed by atoms with Crippen LogP contribution < -0.4 is 5.32 Å². The molecule has 5 rings (SSSR count). The van der Waals surface area contributed by atoms with Crippen LogP contribution in [0, 0.1) is 0 Å². The average molecular weight is 459 g/mol. The fourth-order valence-corrected chi connectivity index (χ4v) is 5.31. The number of aromatic amines is 1. The number of hydrogen-bond acceptors (Lipinski definition) is 4. The van der Waals surface area contributed by atoms with E-state index in [2.05, 4.69) is 46.2 Å². The predicted molar refractivity (Wildman–Crippen MR) is 135 cm³/mol. The van der Waals surface area contributed by atoms with Crippen molar-refractivity contribution in [1.29, 1.82) is 0 Å². The molecule has 0 spiro atoms. The Balaban J connectivity index is 1.74. The molecule has 168 valence electrons. The van der Waals surface area contributed by atoms with Gasteiger partial charge in [0.25, 0.3) is 11.8 Å². The molecule has 6 nitrogen and oxygen atoms in total. The number of rotatable bonds is 7. The molecule has 2 aromatic carbocycles. The molecule has 2 aromatic heterocycles. The fourth-order valence-electron chi connectivity index (χ4n) is 4.67. The Morgan fingerprint density at radius 1 is 0.939 bits per heavy atom. The van der Waals surface area contributed by atoms with E-state index >= 15 is 0 Å². The summed E-state index contributed by atoms with van der Waals surface area (Å²) in [4.78, 5) is 32.7. The van der Waals surface area contributed by atoms with E-state index in [0.29, 0.717) is 11.1 Å². The van der Waals surface area contributed by atoms with Crippen molar-refractivity contribution >= 4 is 56.5 Å². The van der Waals surface area contributed by atoms with Crippen molar-refractivity contribution in [2.24, 2.45) is 0 Å². The SMILES string of the molecule is CSc1cccc2c(C3=C(c4c[nH]c5ccccc45)C(=O)NC3=O)cn(CCCN(C)C)c12. The van der Waals surface area contributed by atoms with Gasteiger partial charge in [0.15, 0.2) is 0 Å². The molecule has 0 atom stereocenters. The number of carbonyl (C=O) groups excluding carboxylic acids is 2. The Morgan fingerprint density at radius 3 is 2.42 bits per heavy atom. The van der Waals surface area contributed by atoms with Gasteiger partial charge in [-0.2, -0.15) is 0 Å². The summed E-state index contributed by atoms with van der Waals surface area (Å²) < 4.78 is 2.23. The number of amides is 2. The van der Waals surface area contributed by atoms with Crippen LogP contribution in [0.15, 0.2) is 59.8 Å². The van der Waals surface area contributed by atoms with Gasteiger partial charge >= 0.3 is 0 Å². The highest BCUT2D eigenvalue weighted by molar-refractivity contribution is 7.98. The third-order valence-electron chi connectivity index (χ3n) is 6.14. The summed E-state index contributed by atoms with van der Waals surface area (Å²) in [5.41, 5.74) is 4.46. The van der Waals surface area contributed by atoms with E-state index in [0.717, 1.165) is 57.3 Å². The molecular formula is C26H26N4O2S. The van der Waals surface area contributed by atoms with Gasteiger partial charge in [0.05, 0.1) is 16.7 Å². The maximum atomic E-state index is 13.1. The summed E-state index contributed by atoms with van der Waals surface area (Å²) in [5.74, 6) is -0.698. The van der Waals surface area contributed by atoms with Crippen molar-refractivity contribution in [2.45, 2.75) is 17.9 Å². The van der Waals surface area contributed by atoms with E-state index in [1.165, 1.54) is 0 Å². The van der Waals surface area contributed by atoms with Gasteiger partial charge in [0, 0.05) is 51.2 Å². The molecule has 0 saturated carbocycles. The zero-order valence-electron chi connectivity index (χ0n) is 18.9. The number of hydrogen-bond donors (Lipinski definition) is 2. The number of aryl methyl sites for hydroxylation is 1. The third kappa shape index (κ3) is 3.67. The minimum absolute atomic E-state index is 0.345. The number of carbonyl (C=O) groups is 2. The lowest BCUT2D eigenvalue weighted by atomic mass is 9.95. The summed E-state index contributed by atoms with van der Waals surface area (Å²) in [6, 6.07) is 14.0. The van der Waals surface area contributed by atoms with E-state index in [9.17, 15) is 9.59 Å². The van der Waals surface area contributed by atoms with E-state index in [1.54, 1.807) is 11.8 Å². The Morgan fingerprint density at radius 2 is 1.67 bits per heavy atom. The standard InChI is InChI=1S/C26H26N4O2S/c1-29(2)12-7-13-30-15-19(17-9-6-11-21(33-3)24(17)30)23-22(25(31)28-26(23)32)18-14-27-20-10-5-4-8-16(18)20/h4-6,8-11,14-15,27H,7,12-13H2,1-3H3,(H,28,31,32). The molecule has 0 saturated heterocycles. The number of nitrogens with one attached hydrogen (secondary N) is 2. The van der Waals surface area contributed by atoms with E-state index in [1.807, 2.05) is 48.8 Å². The van der Waals surface area contributed by atoms with Crippen LogP contribution in [0.5, 0.6) is 0 Å². The second-order valence-corrected chi connectivity index (χ2v) is 9.38. The van der Waals surface area contributed by atoms with Crippen LogP contribution in [0.2, 0.25) is 0 Å². The Bertz CT molecular complexity index is 1430. The van der Waals surface area contributed by atoms with Crippen molar-refractivity contribution in [3.05, 3.63) is 66.0 Å². The molecule has 1 aliphatic heterocycles. The molecule has 0 bridgehead atoms. The fraction of sp³-hybridized carbons (Fsp3) is 0.231. The first-order chi connectivity index (χ1) is 16.0. The number of fused-ring (bicyclic) bond motifs is 2. The molecule has 33 heavy (non-hydrogen) atoms. The summed E-state index contributed by atoms with van der Waals surface area (Å²) in [7, 11) is 4.14. The highest BCUT2D eigenvalue weighted by Crippen LogP contribution is 2.40. The first-order valence-corrected chi connectivity index (χ1v) is 12.2. The van der Waals surface area contributed by atoms with E-state index in [4.69, 9.17) is 0 Å². The van der Waals surface area contributed by atoms with Gasteiger partial charge in [0.1, 0.15) is 0 Å². The highest BCUT2D eigenvalue weighted by Gasteiger charge is 2.35. The molecule has 0 radical (unpaired) electrons. The normalized spacial score (nSPS) is 14.3. The zero-order valence-corrected chi connectivity index (χ0v) is 19.8. The Kier molecular flexibility index (Phi) is 5.60. The minimum atomic E-state index is -0.353. The molecular weight excluding hydrogens is 432 g/mol. The van der Waals surface area contributed by atoms with Gasteiger partial charge in [-0.1, -0.05) is 30.3 Å². The molecule has 0 aliphatic carbocycles. The van der Waals surface area contributed by atoms with Crippen LogP contribution in [-0.4, -0.2) is 53.2 Å². The second kappa shape index (κ2) is 8.57. The smallest absolute Gasteiger partial charge is 0.259 e. The van der Waals surface area contributed by atoms with Crippen LogP contribution in [-0.2, 0) is 16.1 Å². The Hall–Kier alpha value is -3.29. The highest BCUT2D eigenvalue weighted by atomic mass is 32.2. The first kappa shape index (κ1) is 21.6. The topological polar surface area (TPSA) is 70.1 Å². The largest absolute Gasteiger partial charge is 0.361 e. The first-order valence-electron chi connectivity index (χ1n) is 11.0. The maximum Gasteiger partial charge on any atom is 0.259 e. The monoisotopic (exact) mass is 458 g/mol. The summed E-state index contributed by atoms with van der Waals surface area (Å²) in [6.07, 6.45) is 6.91. The van der Waals surface area contributed by atoms with Crippen molar-refractivity contribution in [3.8, 4) is 0 Å².